The predicted octanol–water partition coefficient (Wildman–Crippen LogP) is 3.65. The molecule has 1 aromatic carbocycles. The van der Waals surface area contributed by atoms with Crippen molar-refractivity contribution >= 4 is 27.0 Å². The molecular formula is C12H7BrN2O. The summed E-state index contributed by atoms with van der Waals surface area (Å²) >= 11 is 3.40. The van der Waals surface area contributed by atoms with Crippen molar-refractivity contribution in [2.24, 2.45) is 0 Å². The number of nitrogens with zero attached hydrogens (tertiary/aromatic N) is 2. The normalized spacial score (nSPS) is 10.8. The van der Waals surface area contributed by atoms with Gasteiger partial charge in [-0.3, -0.25) is 0 Å². The van der Waals surface area contributed by atoms with Crippen LogP contribution >= 0.6 is 15.9 Å². The molecule has 4 heteroatoms. The van der Waals surface area contributed by atoms with Crippen LogP contribution in [-0.2, 0) is 0 Å². The predicted molar refractivity (Wildman–Crippen MR) is 64.9 cm³/mol. The Morgan fingerprint density at radius 2 is 1.94 bits per heavy atom. The number of benzene rings is 1. The smallest absolute Gasteiger partial charge is 0.171 e. The standard InChI is InChI=1S/C12H7BrN2O/c13-9-3-1-8(2-4-9)11-5-10-12(16-11)6-14-7-15-10/h1-7H. The molecule has 0 aliphatic heterocycles. The Labute approximate surface area is 100 Å². The zero-order valence-electron chi connectivity index (χ0n) is 8.22. The maximum atomic E-state index is 5.65. The zero-order chi connectivity index (χ0) is 11.0. The molecule has 3 nitrogen and oxygen atoms in total. The Morgan fingerprint density at radius 1 is 1.12 bits per heavy atom. The number of hydrogen-bond acceptors (Lipinski definition) is 3. The van der Waals surface area contributed by atoms with Crippen molar-refractivity contribution in [2.75, 3.05) is 0 Å². The van der Waals surface area contributed by atoms with Gasteiger partial charge in [-0.05, 0) is 12.1 Å². The van der Waals surface area contributed by atoms with E-state index in [2.05, 4.69) is 25.9 Å². The first-order valence-electron chi connectivity index (χ1n) is 4.78. The van der Waals surface area contributed by atoms with Crippen LogP contribution < -0.4 is 0 Å². The number of halogens is 1. The van der Waals surface area contributed by atoms with Crippen molar-refractivity contribution in [3.63, 3.8) is 0 Å². The maximum Gasteiger partial charge on any atom is 0.171 e. The molecule has 0 bridgehead atoms. The molecule has 0 saturated carbocycles. The molecule has 0 atom stereocenters. The number of furan rings is 1. The van der Waals surface area contributed by atoms with E-state index in [1.165, 1.54) is 6.33 Å². The van der Waals surface area contributed by atoms with Gasteiger partial charge in [0.1, 0.15) is 17.6 Å². The summed E-state index contributed by atoms with van der Waals surface area (Å²) in [5.41, 5.74) is 2.56. The van der Waals surface area contributed by atoms with Crippen molar-refractivity contribution in [2.45, 2.75) is 0 Å². The van der Waals surface area contributed by atoms with Crippen molar-refractivity contribution in [1.29, 1.82) is 0 Å². The van der Waals surface area contributed by atoms with Crippen LogP contribution in [-0.4, -0.2) is 9.97 Å². The lowest BCUT2D eigenvalue weighted by Crippen LogP contribution is -1.73. The molecule has 0 amide bonds. The van der Waals surface area contributed by atoms with Gasteiger partial charge >= 0.3 is 0 Å². The molecule has 0 radical (unpaired) electrons. The van der Waals surface area contributed by atoms with E-state index in [4.69, 9.17) is 4.42 Å². The highest BCUT2D eigenvalue weighted by atomic mass is 79.9. The quantitative estimate of drug-likeness (QED) is 0.680. The van der Waals surface area contributed by atoms with Gasteiger partial charge in [-0.2, -0.15) is 0 Å². The van der Waals surface area contributed by atoms with E-state index in [9.17, 15) is 0 Å². The second-order valence-corrected chi connectivity index (χ2v) is 4.31. The summed E-state index contributed by atoms with van der Waals surface area (Å²) < 4.78 is 6.70. The lowest BCUT2D eigenvalue weighted by molar-refractivity contribution is 0.629. The summed E-state index contributed by atoms with van der Waals surface area (Å²) in [5, 5.41) is 0. The highest BCUT2D eigenvalue weighted by Gasteiger charge is 2.06. The van der Waals surface area contributed by atoms with Gasteiger partial charge in [-0.15, -0.1) is 0 Å². The van der Waals surface area contributed by atoms with Gasteiger partial charge in [0.05, 0.1) is 6.20 Å². The molecule has 0 aliphatic rings. The first-order valence-corrected chi connectivity index (χ1v) is 5.58. The topological polar surface area (TPSA) is 38.9 Å². The summed E-state index contributed by atoms with van der Waals surface area (Å²) in [6.45, 7) is 0. The van der Waals surface area contributed by atoms with Crippen LogP contribution in [0.25, 0.3) is 22.4 Å². The van der Waals surface area contributed by atoms with Gasteiger partial charge in [-0.25, -0.2) is 9.97 Å². The number of fused-ring (bicyclic) bond motifs is 1. The second kappa shape index (κ2) is 3.72. The van der Waals surface area contributed by atoms with Gasteiger partial charge < -0.3 is 4.42 Å². The summed E-state index contributed by atoms with van der Waals surface area (Å²) in [6, 6.07) is 9.87. The van der Waals surface area contributed by atoms with Crippen molar-refractivity contribution in [3.8, 4) is 11.3 Å². The minimum Gasteiger partial charge on any atom is -0.453 e. The lowest BCUT2D eigenvalue weighted by Gasteiger charge is -1.95. The van der Waals surface area contributed by atoms with Gasteiger partial charge in [-0.1, -0.05) is 28.1 Å². The molecule has 0 fully saturated rings. The van der Waals surface area contributed by atoms with Gasteiger partial charge in [0.25, 0.3) is 0 Å². The molecule has 0 N–H and O–H groups in total. The molecule has 0 saturated heterocycles. The van der Waals surface area contributed by atoms with Gasteiger partial charge in [0.15, 0.2) is 5.58 Å². The van der Waals surface area contributed by atoms with Crippen LogP contribution in [0.3, 0.4) is 0 Å². The van der Waals surface area contributed by atoms with Crippen molar-refractivity contribution < 1.29 is 4.42 Å². The molecule has 0 spiro atoms. The molecule has 2 heterocycles. The Morgan fingerprint density at radius 3 is 2.69 bits per heavy atom. The Hall–Kier alpha value is -1.68. The van der Waals surface area contributed by atoms with Gasteiger partial charge in [0, 0.05) is 16.1 Å². The SMILES string of the molecule is Brc1ccc(-c2cc3ncncc3o2)cc1. The number of aromatic nitrogens is 2. The molecule has 78 valence electrons. The van der Waals surface area contributed by atoms with Crippen molar-refractivity contribution in [3.05, 3.63) is 47.3 Å². The van der Waals surface area contributed by atoms with Crippen LogP contribution in [0.1, 0.15) is 0 Å². The molecule has 16 heavy (non-hydrogen) atoms. The van der Waals surface area contributed by atoms with Gasteiger partial charge in [0.2, 0.25) is 0 Å². The number of rotatable bonds is 1. The summed E-state index contributed by atoms with van der Waals surface area (Å²) in [6.07, 6.45) is 3.19. The monoisotopic (exact) mass is 274 g/mol. The highest BCUT2D eigenvalue weighted by molar-refractivity contribution is 9.10. The van der Waals surface area contributed by atoms with Crippen LogP contribution in [0.15, 0.2) is 51.7 Å². The molecular weight excluding hydrogens is 268 g/mol. The first-order chi connectivity index (χ1) is 7.83. The fourth-order valence-electron chi connectivity index (χ4n) is 1.54. The molecule has 3 rings (SSSR count). The Balaban J connectivity index is 2.15. The van der Waals surface area contributed by atoms with E-state index >= 15 is 0 Å². The third-order valence-electron chi connectivity index (χ3n) is 2.32. The molecule has 3 aromatic rings. The van der Waals surface area contributed by atoms with E-state index in [1.807, 2.05) is 30.3 Å². The summed E-state index contributed by atoms with van der Waals surface area (Å²) in [4.78, 5) is 8.05. The van der Waals surface area contributed by atoms with E-state index in [0.717, 1.165) is 21.3 Å². The maximum absolute atomic E-state index is 5.65. The Bertz CT molecular complexity index is 598. The number of hydrogen-bond donors (Lipinski definition) is 0. The van der Waals surface area contributed by atoms with E-state index in [0.29, 0.717) is 5.58 Å². The highest BCUT2D eigenvalue weighted by Crippen LogP contribution is 2.26. The summed E-state index contributed by atoms with van der Waals surface area (Å²) in [7, 11) is 0. The fraction of sp³-hybridized carbons (Fsp3) is 0. The fourth-order valence-corrected chi connectivity index (χ4v) is 1.81. The Kier molecular flexibility index (Phi) is 2.22. The summed E-state index contributed by atoms with van der Waals surface area (Å²) in [5.74, 6) is 0.808. The van der Waals surface area contributed by atoms with E-state index in [1.54, 1.807) is 6.20 Å². The van der Waals surface area contributed by atoms with E-state index in [-0.39, 0.29) is 0 Å². The lowest BCUT2D eigenvalue weighted by atomic mass is 10.2. The second-order valence-electron chi connectivity index (χ2n) is 3.39. The average molecular weight is 275 g/mol. The minimum atomic E-state index is 0.709. The first kappa shape index (κ1) is 9.54. The average Bonchev–Trinajstić information content (AvgIpc) is 2.73. The largest absolute Gasteiger partial charge is 0.453 e. The molecule has 0 unspecified atom stereocenters. The minimum absolute atomic E-state index is 0.709. The van der Waals surface area contributed by atoms with Crippen LogP contribution in [0.2, 0.25) is 0 Å². The van der Waals surface area contributed by atoms with Crippen LogP contribution in [0.5, 0.6) is 0 Å². The molecule has 0 aliphatic carbocycles. The molecule has 2 aromatic heterocycles. The third-order valence-corrected chi connectivity index (χ3v) is 2.85. The van der Waals surface area contributed by atoms with Crippen LogP contribution in [0.4, 0.5) is 0 Å². The van der Waals surface area contributed by atoms with E-state index < -0.39 is 0 Å². The van der Waals surface area contributed by atoms with Crippen molar-refractivity contribution in [1.82, 2.24) is 9.97 Å². The third kappa shape index (κ3) is 1.61. The zero-order valence-corrected chi connectivity index (χ0v) is 9.81. The van der Waals surface area contributed by atoms with Crippen LogP contribution in [0, 0.1) is 0 Å².